The van der Waals surface area contributed by atoms with Crippen molar-refractivity contribution < 1.29 is 4.79 Å². The van der Waals surface area contributed by atoms with Crippen molar-refractivity contribution in [1.82, 2.24) is 24.5 Å². The molecule has 3 aromatic rings. The monoisotopic (exact) mass is 401 g/mol. The first-order valence-electron chi connectivity index (χ1n) is 9.04. The molecule has 1 fully saturated rings. The molecule has 0 unspecified atom stereocenters. The molecule has 1 saturated carbocycles. The fourth-order valence-electron chi connectivity index (χ4n) is 2.92. The minimum Gasteiger partial charge on any atom is -0.385 e. The van der Waals surface area contributed by atoms with Crippen LogP contribution in [0.15, 0.2) is 29.3 Å². The lowest BCUT2D eigenvalue weighted by molar-refractivity contribution is 0.0944. The smallest absolute Gasteiger partial charge is 0.274 e. The number of hydrogen-bond acceptors (Lipinski definition) is 6. The van der Waals surface area contributed by atoms with Gasteiger partial charge in [-0.2, -0.15) is 0 Å². The van der Waals surface area contributed by atoms with Gasteiger partial charge in [-0.05, 0) is 25.8 Å². The number of nitrogens with one attached hydrogen (secondary N) is 3. The second kappa shape index (κ2) is 7.16. The molecule has 9 nitrogen and oxygen atoms in total. The summed E-state index contributed by atoms with van der Waals surface area (Å²) in [7, 11) is 1.75. The Bertz CT molecular complexity index is 1120. The van der Waals surface area contributed by atoms with Gasteiger partial charge in [0.15, 0.2) is 17.2 Å². The Kier molecular flexibility index (Phi) is 4.68. The van der Waals surface area contributed by atoms with Crippen LogP contribution < -0.4 is 21.5 Å². The number of amides is 1. The van der Waals surface area contributed by atoms with E-state index in [-0.39, 0.29) is 17.5 Å². The van der Waals surface area contributed by atoms with Crippen LogP contribution in [-0.4, -0.2) is 38.2 Å². The quantitative estimate of drug-likeness (QED) is 0.585. The lowest BCUT2D eigenvalue weighted by Crippen LogP contribution is -2.27. The van der Waals surface area contributed by atoms with Gasteiger partial charge in [-0.25, -0.2) is 9.50 Å². The van der Waals surface area contributed by atoms with E-state index in [1.54, 1.807) is 25.4 Å². The summed E-state index contributed by atoms with van der Waals surface area (Å²) in [6.45, 7) is 2.36. The summed E-state index contributed by atoms with van der Waals surface area (Å²) in [6, 6.07) is 3.50. The second-order valence-electron chi connectivity index (χ2n) is 6.61. The molecule has 1 amide bonds. The molecule has 10 heteroatoms. The van der Waals surface area contributed by atoms with Gasteiger partial charge >= 0.3 is 0 Å². The van der Waals surface area contributed by atoms with Crippen LogP contribution in [0.3, 0.4) is 0 Å². The van der Waals surface area contributed by atoms with E-state index in [9.17, 15) is 9.59 Å². The first-order chi connectivity index (χ1) is 13.5. The van der Waals surface area contributed by atoms with E-state index in [2.05, 4.69) is 26.0 Å². The fourth-order valence-corrected chi connectivity index (χ4v) is 3.14. The number of aryl methyl sites for hydroxylation is 1. The number of carbonyl (C=O) groups is 1. The number of halogens is 1. The van der Waals surface area contributed by atoms with Crippen LogP contribution in [0.5, 0.6) is 0 Å². The van der Waals surface area contributed by atoms with E-state index in [0.717, 1.165) is 12.8 Å². The van der Waals surface area contributed by atoms with Crippen molar-refractivity contribution in [3.05, 3.63) is 45.6 Å². The summed E-state index contributed by atoms with van der Waals surface area (Å²) in [5.41, 5.74) is 1.61. The van der Waals surface area contributed by atoms with E-state index < -0.39 is 0 Å². The topological polar surface area (TPSA) is 105 Å². The third-order valence-corrected chi connectivity index (χ3v) is 4.74. The van der Waals surface area contributed by atoms with Crippen LogP contribution in [0.25, 0.3) is 5.65 Å². The minimum absolute atomic E-state index is 0.211. The van der Waals surface area contributed by atoms with Crippen LogP contribution >= 0.6 is 11.6 Å². The van der Waals surface area contributed by atoms with Crippen LogP contribution in [-0.2, 0) is 6.54 Å². The van der Waals surface area contributed by atoms with Crippen LogP contribution in [0.4, 0.5) is 17.2 Å². The summed E-state index contributed by atoms with van der Waals surface area (Å²) in [5.74, 6) is 0.162. The number of nitrogens with zero attached hydrogens (tertiary/aromatic N) is 4. The molecule has 0 aliphatic heterocycles. The van der Waals surface area contributed by atoms with E-state index in [1.807, 2.05) is 6.92 Å². The standard InChI is InChI=1S/C18H20ClN7O2/c1-3-25-9-10(19)6-13(18(25)28)23-15-7-12(20-2)16-21-8-14(26(16)24-15)17(27)22-11-4-5-11/h6-9,11,20H,3-5H2,1-2H3,(H,22,27)(H,23,24). The molecule has 0 atom stereocenters. The first kappa shape index (κ1) is 18.3. The number of hydrogen-bond donors (Lipinski definition) is 3. The Labute approximate surface area is 165 Å². The molecule has 1 aliphatic carbocycles. The third-order valence-electron chi connectivity index (χ3n) is 4.54. The van der Waals surface area contributed by atoms with Gasteiger partial charge in [0.2, 0.25) is 0 Å². The maximum atomic E-state index is 12.5. The molecule has 1 aliphatic rings. The lowest BCUT2D eigenvalue weighted by atomic mass is 10.3. The van der Waals surface area contributed by atoms with Gasteiger partial charge in [0, 0.05) is 31.9 Å². The molecule has 3 N–H and O–H groups in total. The fraction of sp³-hybridized carbons (Fsp3) is 0.333. The highest BCUT2D eigenvalue weighted by Crippen LogP contribution is 2.24. The van der Waals surface area contributed by atoms with Gasteiger partial charge in [-0.15, -0.1) is 5.10 Å². The molecule has 0 bridgehead atoms. The lowest BCUT2D eigenvalue weighted by Gasteiger charge is -2.12. The zero-order valence-corrected chi connectivity index (χ0v) is 16.2. The number of aromatic nitrogens is 4. The molecule has 3 heterocycles. The van der Waals surface area contributed by atoms with E-state index in [4.69, 9.17) is 11.6 Å². The number of imidazole rings is 1. The molecular weight excluding hydrogens is 382 g/mol. The zero-order chi connectivity index (χ0) is 19.8. The van der Waals surface area contributed by atoms with Crippen molar-refractivity contribution in [2.75, 3.05) is 17.7 Å². The van der Waals surface area contributed by atoms with E-state index >= 15 is 0 Å². The van der Waals surface area contributed by atoms with Crippen molar-refractivity contribution in [3.63, 3.8) is 0 Å². The number of rotatable bonds is 6. The third kappa shape index (κ3) is 3.40. The number of carbonyl (C=O) groups excluding carboxylic acids is 1. The highest BCUT2D eigenvalue weighted by molar-refractivity contribution is 6.30. The average Bonchev–Trinajstić information content (AvgIpc) is 3.39. The summed E-state index contributed by atoms with van der Waals surface area (Å²) >= 11 is 6.12. The Morgan fingerprint density at radius 2 is 2.11 bits per heavy atom. The zero-order valence-electron chi connectivity index (χ0n) is 15.5. The molecule has 0 saturated heterocycles. The number of anilines is 3. The molecule has 3 aromatic heterocycles. The van der Waals surface area contributed by atoms with Crippen molar-refractivity contribution >= 4 is 40.3 Å². The predicted molar refractivity (Wildman–Crippen MR) is 108 cm³/mol. The average molecular weight is 402 g/mol. The molecule has 0 aromatic carbocycles. The van der Waals surface area contributed by atoms with E-state index in [1.165, 1.54) is 15.3 Å². The second-order valence-corrected chi connectivity index (χ2v) is 7.04. The molecule has 146 valence electrons. The van der Waals surface area contributed by atoms with E-state index in [0.29, 0.717) is 40.1 Å². The van der Waals surface area contributed by atoms with Crippen LogP contribution in [0, 0.1) is 0 Å². The van der Waals surface area contributed by atoms with Crippen LogP contribution in [0.1, 0.15) is 30.3 Å². The maximum absolute atomic E-state index is 12.5. The summed E-state index contributed by atoms with van der Waals surface area (Å²) in [5, 5.41) is 13.9. The highest BCUT2D eigenvalue weighted by Gasteiger charge is 2.26. The van der Waals surface area contributed by atoms with Crippen molar-refractivity contribution in [2.24, 2.45) is 0 Å². The van der Waals surface area contributed by atoms with Crippen molar-refractivity contribution in [1.29, 1.82) is 0 Å². The van der Waals surface area contributed by atoms with Gasteiger partial charge in [0.1, 0.15) is 5.69 Å². The Morgan fingerprint density at radius 3 is 2.79 bits per heavy atom. The normalized spacial score (nSPS) is 13.5. The minimum atomic E-state index is -0.224. The largest absolute Gasteiger partial charge is 0.385 e. The van der Waals surface area contributed by atoms with Crippen LogP contribution in [0.2, 0.25) is 5.02 Å². The Balaban J connectivity index is 1.76. The summed E-state index contributed by atoms with van der Waals surface area (Å²) < 4.78 is 2.97. The summed E-state index contributed by atoms with van der Waals surface area (Å²) in [6.07, 6.45) is 5.06. The van der Waals surface area contributed by atoms with Crippen molar-refractivity contribution in [2.45, 2.75) is 32.4 Å². The molecule has 28 heavy (non-hydrogen) atoms. The highest BCUT2D eigenvalue weighted by atomic mass is 35.5. The summed E-state index contributed by atoms with van der Waals surface area (Å²) in [4.78, 5) is 29.3. The number of pyridine rings is 1. The maximum Gasteiger partial charge on any atom is 0.274 e. The van der Waals surface area contributed by atoms with Gasteiger partial charge in [-0.3, -0.25) is 9.59 Å². The molecule has 4 rings (SSSR count). The van der Waals surface area contributed by atoms with Crippen molar-refractivity contribution in [3.8, 4) is 0 Å². The van der Waals surface area contributed by atoms with Gasteiger partial charge in [0.25, 0.3) is 11.5 Å². The number of fused-ring (bicyclic) bond motifs is 1. The predicted octanol–water partition coefficient (Wildman–Crippen LogP) is 2.24. The Morgan fingerprint density at radius 1 is 1.32 bits per heavy atom. The van der Waals surface area contributed by atoms with Gasteiger partial charge < -0.3 is 20.5 Å². The van der Waals surface area contributed by atoms with Gasteiger partial charge in [-0.1, -0.05) is 11.6 Å². The van der Waals surface area contributed by atoms with Gasteiger partial charge in [0.05, 0.1) is 16.9 Å². The SMILES string of the molecule is CCn1cc(Cl)cc(Nc2cc(NC)c3ncc(C(=O)NC4CC4)n3n2)c1=O. The first-order valence-corrected chi connectivity index (χ1v) is 9.42. The molecular formula is C18H20ClN7O2. The Hall–Kier alpha value is -3.07. The molecule has 0 spiro atoms. The molecule has 0 radical (unpaired) electrons.